The number of anilines is 1. The lowest BCUT2D eigenvalue weighted by Crippen LogP contribution is -2.36. The molecule has 7 nitrogen and oxygen atoms in total. The summed E-state index contributed by atoms with van der Waals surface area (Å²) in [4.78, 5) is 39.0. The van der Waals surface area contributed by atoms with Gasteiger partial charge in [0.15, 0.2) is 0 Å². The Morgan fingerprint density at radius 3 is 2.55 bits per heavy atom. The average molecular weight is 462 g/mol. The summed E-state index contributed by atoms with van der Waals surface area (Å²) in [5.41, 5.74) is 4.59. The van der Waals surface area contributed by atoms with E-state index in [9.17, 15) is 14.4 Å². The Hall–Kier alpha value is -3.78. The summed E-state index contributed by atoms with van der Waals surface area (Å²) in [6, 6.07) is 16.7. The van der Waals surface area contributed by atoms with Gasteiger partial charge in [-0.3, -0.25) is 19.3 Å². The predicted molar refractivity (Wildman–Crippen MR) is 130 cm³/mol. The lowest BCUT2D eigenvalue weighted by Gasteiger charge is -2.13. The third-order valence-electron chi connectivity index (χ3n) is 5.22. The normalized spacial score (nSPS) is 14.8. The number of nitrogens with one attached hydrogen (secondary N) is 1. The molecule has 1 saturated heterocycles. The highest BCUT2D eigenvalue weighted by molar-refractivity contribution is 8.18. The fourth-order valence-corrected chi connectivity index (χ4v) is 4.42. The molecule has 1 N–H and O–H groups in total. The number of nitrogens with zero attached hydrogens (tertiary/aromatic N) is 2. The highest BCUT2D eigenvalue weighted by atomic mass is 32.2. The van der Waals surface area contributed by atoms with Gasteiger partial charge >= 0.3 is 0 Å². The minimum absolute atomic E-state index is 0.280. The van der Waals surface area contributed by atoms with E-state index in [-0.39, 0.29) is 11.4 Å². The summed E-state index contributed by atoms with van der Waals surface area (Å²) < 4.78 is 7.06. The maximum atomic E-state index is 12.9. The van der Waals surface area contributed by atoms with E-state index in [4.69, 9.17) is 4.74 Å². The van der Waals surface area contributed by atoms with E-state index >= 15 is 0 Å². The minimum atomic E-state index is -0.483. The fourth-order valence-electron chi connectivity index (χ4n) is 3.60. The number of amides is 3. The molecule has 3 aromatic rings. The Bertz CT molecular complexity index is 1260. The van der Waals surface area contributed by atoms with Crippen molar-refractivity contribution in [2.24, 2.45) is 0 Å². The lowest BCUT2D eigenvalue weighted by molar-refractivity contribution is -0.127. The van der Waals surface area contributed by atoms with Crippen LogP contribution in [0.25, 0.3) is 11.8 Å². The number of carbonyl (C=O) groups excluding carboxylic acids is 3. The highest BCUT2D eigenvalue weighted by Crippen LogP contribution is 2.33. The van der Waals surface area contributed by atoms with Crippen LogP contribution in [-0.2, 0) is 9.59 Å². The lowest BCUT2D eigenvalue weighted by atomic mass is 10.1. The summed E-state index contributed by atoms with van der Waals surface area (Å²) in [5, 5.41) is 2.22. The standard InChI is InChI=1S/C25H23N3O4S/c1-16-6-11-21(17(2)13-16)27-12-4-5-19(27)14-22-24(30)28(25(31)33-22)15-23(29)26-18-7-9-20(32-3)10-8-18/h4-14H,15H2,1-3H3,(H,26,29)/b22-14+. The molecule has 1 aliphatic rings. The van der Waals surface area contributed by atoms with E-state index in [0.717, 1.165) is 33.6 Å². The molecule has 0 atom stereocenters. The Morgan fingerprint density at radius 1 is 1.09 bits per heavy atom. The second kappa shape index (κ2) is 9.38. The van der Waals surface area contributed by atoms with Crippen LogP contribution in [0.1, 0.15) is 16.8 Å². The first kappa shape index (κ1) is 22.4. The molecular formula is C25H23N3O4S. The van der Waals surface area contributed by atoms with Gasteiger partial charge in [0.1, 0.15) is 12.3 Å². The van der Waals surface area contributed by atoms with E-state index in [2.05, 4.69) is 11.4 Å². The number of aromatic nitrogens is 1. The second-order valence-electron chi connectivity index (χ2n) is 7.64. The molecule has 1 fully saturated rings. The van der Waals surface area contributed by atoms with Crippen molar-refractivity contribution in [2.75, 3.05) is 19.0 Å². The van der Waals surface area contributed by atoms with Gasteiger partial charge in [0, 0.05) is 23.3 Å². The number of ether oxygens (including phenoxy) is 1. The van der Waals surface area contributed by atoms with Crippen LogP contribution in [0.15, 0.2) is 65.7 Å². The molecule has 0 spiro atoms. The molecule has 33 heavy (non-hydrogen) atoms. The van der Waals surface area contributed by atoms with Crippen molar-refractivity contribution in [2.45, 2.75) is 13.8 Å². The molecule has 2 aromatic carbocycles. The van der Waals surface area contributed by atoms with Gasteiger partial charge in [0.25, 0.3) is 11.1 Å². The van der Waals surface area contributed by atoms with Gasteiger partial charge < -0.3 is 14.6 Å². The molecule has 0 bridgehead atoms. The first-order chi connectivity index (χ1) is 15.9. The highest BCUT2D eigenvalue weighted by Gasteiger charge is 2.36. The van der Waals surface area contributed by atoms with Gasteiger partial charge in [-0.2, -0.15) is 0 Å². The van der Waals surface area contributed by atoms with Gasteiger partial charge in [-0.05, 0) is 79.7 Å². The summed E-state index contributed by atoms with van der Waals surface area (Å²) in [5.74, 6) is -0.278. The molecule has 0 saturated carbocycles. The van der Waals surface area contributed by atoms with Crippen molar-refractivity contribution < 1.29 is 19.1 Å². The van der Waals surface area contributed by atoms with Crippen LogP contribution in [0.5, 0.6) is 5.75 Å². The Kier molecular flexibility index (Phi) is 6.37. The topological polar surface area (TPSA) is 80.6 Å². The first-order valence-corrected chi connectivity index (χ1v) is 11.1. The van der Waals surface area contributed by atoms with E-state index in [1.807, 2.05) is 48.9 Å². The largest absolute Gasteiger partial charge is 0.497 e. The number of benzene rings is 2. The van der Waals surface area contributed by atoms with Gasteiger partial charge in [-0.1, -0.05) is 17.7 Å². The quantitative estimate of drug-likeness (QED) is 0.535. The number of carbonyl (C=O) groups is 3. The van der Waals surface area contributed by atoms with Crippen molar-refractivity contribution >= 4 is 40.6 Å². The van der Waals surface area contributed by atoms with Crippen LogP contribution in [0.2, 0.25) is 0 Å². The van der Waals surface area contributed by atoms with Crippen molar-refractivity contribution in [3.63, 3.8) is 0 Å². The van der Waals surface area contributed by atoms with Crippen molar-refractivity contribution in [3.8, 4) is 11.4 Å². The van der Waals surface area contributed by atoms with Crippen LogP contribution in [0, 0.1) is 13.8 Å². The van der Waals surface area contributed by atoms with E-state index < -0.39 is 17.1 Å². The molecule has 1 aromatic heterocycles. The summed E-state index contributed by atoms with van der Waals surface area (Å²) >= 11 is 0.832. The predicted octanol–water partition coefficient (Wildman–Crippen LogP) is 4.78. The first-order valence-electron chi connectivity index (χ1n) is 10.3. The van der Waals surface area contributed by atoms with E-state index in [1.165, 1.54) is 5.56 Å². The van der Waals surface area contributed by atoms with Gasteiger partial charge in [-0.25, -0.2) is 0 Å². The number of thioether (sulfide) groups is 1. The molecule has 0 aliphatic carbocycles. The number of aryl methyl sites for hydroxylation is 2. The van der Waals surface area contributed by atoms with E-state index in [1.54, 1.807) is 37.5 Å². The average Bonchev–Trinajstić information content (AvgIpc) is 3.34. The summed E-state index contributed by atoms with van der Waals surface area (Å²) in [6.07, 6.45) is 3.60. The Labute approximate surface area is 196 Å². The minimum Gasteiger partial charge on any atom is -0.497 e. The third kappa shape index (κ3) is 4.85. The third-order valence-corrected chi connectivity index (χ3v) is 6.13. The van der Waals surface area contributed by atoms with Crippen LogP contribution >= 0.6 is 11.8 Å². The molecule has 168 valence electrons. The zero-order chi connectivity index (χ0) is 23.5. The number of rotatable bonds is 6. The molecule has 1 aliphatic heterocycles. The molecule has 0 unspecified atom stereocenters. The van der Waals surface area contributed by atoms with Crippen molar-refractivity contribution in [1.29, 1.82) is 0 Å². The second-order valence-corrected chi connectivity index (χ2v) is 8.63. The smallest absolute Gasteiger partial charge is 0.294 e. The number of hydrogen-bond donors (Lipinski definition) is 1. The van der Waals surface area contributed by atoms with Crippen molar-refractivity contribution in [1.82, 2.24) is 9.47 Å². The van der Waals surface area contributed by atoms with Gasteiger partial charge in [-0.15, -0.1) is 0 Å². The Balaban J connectivity index is 1.49. The van der Waals surface area contributed by atoms with Crippen molar-refractivity contribution in [3.05, 3.63) is 82.5 Å². The van der Waals surface area contributed by atoms with Gasteiger partial charge in [0.2, 0.25) is 5.91 Å². The van der Waals surface area contributed by atoms with Crippen LogP contribution in [-0.4, -0.2) is 40.2 Å². The fraction of sp³-hybridized carbons (Fsp3) is 0.160. The zero-order valence-corrected chi connectivity index (χ0v) is 19.3. The number of imide groups is 1. The number of hydrogen-bond acceptors (Lipinski definition) is 5. The maximum Gasteiger partial charge on any atom is 0.294 e. The molecule has 2 heterocycles. The summed E-state index contributed by atoms with van der Waals surface area (Å²) in [6.45, 7) is 3.71. The molecular weight excluding hydrogens is 438 g/mol. The monoisotopic (exact) mass is 461 g/mol. The zero-order valence-electron chi connectivity index (χ0n) is 18.5. The Morgan fingerprint density at radius 2 is 1.85 bits per heavy atom. The summed E-state index contributed by atoms with van der Waals surface area (Å²) in [7, 11) is 1.56. The molecule has 8 heteroatoms. The van der Waals surface area contributed by atoms with Crippen LogP contribution in [0.3, 0.4) is 0 Å². The molecule has 3 amide bonds. The SMILES string of the molecule is COc1ccc(NC(=O)CN2C(=O)S/C(=C/c3cccn3-c3ccc(C)cc3C)C2=O)cc1. The van der Waals surface area contributed by atoms with E-state index in [0.29, 0.717) is 11.4 Å². The number of methoxy groups -OCH3 is 1. The van der Waals surface area contributed by atoms with Crippen LogP contribution in [0.4, 0.5) is 10.5 Å². The molecule has 4 rings (SSSR count). The van der Waals surface area contributed by atoms with Crippen LogP contribution < -0.4 is 10.1 Å². The van der Waals surface area contributed by atoms with Gasteiger partial charge in [0.05, 0.1) is 12.0 Å². The maximum absolute atomic E-state index is 12.9. The molecule has 0 radical (unpaired) electrons.